The highest BCUT2D eigenvalue weighted by atomic mass is 19.1. The van der Waals surface area contributed by atoms with Gasteiger partial charge in [0.2, 0.25) is 0 Å². The Hall–Kier alpha value is -1.43. The van der Waals surface area contributed by atoms with Crippen molar-refractivity contribution in [1.29, 1.82) is 0 Å². The van der Waals surface area contributed by atoms with Crippen LogP contribution in [0.25, 0.3) is 10.9 Å². The van der Waals surface area contributed by atoms with Crippen molar-refractivity contribution in [2.45, 2.75) is 37.8 Å². The van der Waals surface area contributed by atoms with Crippen molar-refractivity contribution in [3.05, 3.63) is 35.8 Å². The van der Waals surface area contributed by atoms with Crippen molar-refractivity contribution >= 4 is 10.9 Å². The molecule has 1 saturated carbocycles. The lowest BCUT2D eigenvalue weighted by Gasteiger charge is -2.33. The Balaban J connectivity index is 1.34. The normalized spacial score (nSPS) is 27.8. The molecule has 3 atom stereocenters. The summed E-state index contributed by atoms with van der Waals surface area (Å²) in [6, 6.07) is 6.04. The van der Waals surface area contributed by atoms with Crippen molar-refractivity contribution < 1.29 is 9.13 Å². The molecule has 1 aliphatic carbocycles. The van der Waals surface area contributed by atoms with Gasteiger partial charge in [0.1, 0.15) is 5.82 Å². The summed E-state index contributed by atoms with van der Waals surface area (Å²) in [6.45, 7) is 3.61. The summed E-state index contributed by atoms with van der Waals surface area (Å²) in [5, 5.41) is 8.51. The van der Waals surface area contributed by atoms with Gasteiger partial charge in [0, 0.05) is 35.7 Å². The number of fused-ring (bicyclic) bond motifs is 1. The lowest BCUT2D eigenvalue weighted by molar-refractivity contribution is 0.0526. The first-order valence-corrected chi connectivity index (χ1v) is 9.11. The standard InChI is InChI=1S/C19H26FN3O/c20-14-4-5-15-13(11-23-18(15)10-14)6-7-21-17-3-1-2-16(17)19-12-24-9-8-22-19/h4-5,10-11,16-17,19,21-23H,1-3,6-9,12H2. The maximum absolute atomic E-state index is 13.3. The van der Waals surface area contributed by atoms with E-state index in [0.717, 1.165) is 43.6 Å². The first-order chi connectivity index (χ1) is 11.8. The molecule has 4 rings (SSSR count). The van der Waals surface area contributed by atoms with Crippen LogP contribution in [0.4, 0.5) is 4.39 Å². The summed E-state index contributed by atoms with van der Waals surface area (Å²) in [7, 11) is 0. The van der Waals surface area contributed by atoms with E-state index in [2.05, 4.69) is 15.6 Å². The van der Waals surface area contributed by atoms with Crippen LogP contribution in [0.15, 0.2) is 24.4 Å². The second-order valence-electron chi connectivity index (χ2n) is 7.04. The van der Waals surface area contributed by atoms with Crippen LogP contribution in [0.1, 0.15) is 24.8 Å². The number of aromatic nitrogens is 1. The number of nitrogens with one attached hydrogen (secondary N) is 3. The van der Waals surface area contributed by atoms with E-state index in [-0.39, 0.29) is 5.82 Å². The molecule has 1 aromatic carbocycles. The quantitative estimate of drug-likeness (QED) is 0.789. The van der Waals surface area contributed by atoms with Gasteiger partial charge in [0.05, 0.1) is 13.2 Å². The second-order valence-corrected chi connectivity index (χ2v) is 7.04. The van der Waals surface area contributed by atoms with Crippen LogP contribution in [0.5, 0.6) is 0 Å². The van der Waals surface area contributed by atoms with Gasteiger partial charge in [-0.15, -0.1) is 0 Å². The predicted octanol–water partition coefficient (Wildman–Crippen LogP) is 2.60. The van der Waals surface area contributed by atoms with Crippen molar-refractivity contribution in [2.24, 2.45) is 5.92 Å². The van der Waals surface area contributed by atoms with Crippen LogP contribution in [0, 0.1) is 11.7 Å². The van der Waals surface area contributed by atoms with E-state index in [1.165, 1.54) is 30.9 Å². The van der Waals surface area contributed by atoms with E-state index in [1.807, 2.05) is 12.3 Å². The Morgan fingerprint density at radius 3 is 3.12 bits per heavy atom. The molecule has 3 unspecified atom stereocenters. The minimum atomic E-state index is -0.190. The molecule has 2 heterocycles. The van der Waals surface area contributed by atoms with Crippen LogP contribution in [0.2, 0.25) is 0 Å². The first kappa shape index (κ1) is 16.1. The lowest BCUT2D eigenvalue weighted by Crippen LogP contribution is -2.51. The number of hydrogen-bond acceptors (Lipinski definition) is 3. The molecule has 0 radical (unpaired) electrons. The molecule has 2 fully saturated rings. The van der Waals surface area contributed by atoms with Crippen LogP contribution < -0.4 is 10.6 Å². The summed E-state index contributed by atoms with van der Waals surface area (Å²) < 4.78 is 18.9. The Morgan fingerprint density at radius 2 is 2.25 bits per heavy atom. The van der Waals surface area contributed by atoms with E-state index in [0.29, 0.717) is 18.0 Å². The van der Waals surface area contributed by atoms with Crippen LogP contribution in [-0.2, 0) is 11.2 Å². The van der Waals surface area contributed by atoms with Crippen LogP contribution in [-0.4, -0.2) is 43.4 Å². The first-order valence-electron chi connectivity index (χ1n) is 9.11. The zero-order chi connectivity index (χ0) is 16.4. The van der Waals surface area contributed by atoms with E-state index < -0.39 is 0 Å². The SMILES string of the molecule is Fc1ccc2c(CCNC3CCCC3C3COCCN3)c[nH]c2c1. The van der Waals surface area contributed by atoms with E-state index >= 15 is 0 Å². The average molecular weight is 331 g/mol. The third kappa shape index (κ3) is 3.34. The second kappa shape index (κ2) is 7.21. The lowest BCUT2D eigenvalue weighted by atomic mass is 9.94. The van der Waals surface area contributed by atoms with Crippen molar-refractivity contribution in [3.63, 3.8) is 0 Å². The van der Waals surface area contributed by atoms with Crippen LogP contribution in [0.3, 0.4) is 0 Å². The molecule has 0 amide bonds. The van der Waals surface area contributed by atoms with E-state index in [9.17, 15) is 4.39 Å². The highest BCUT2D eigenvalue weighted by Gasteiger charge is 2.34. The van der Waals surface area contributed by atoms with E-state index in [4.69, 9.17) is 4.74 Å². The molecule has 5 heteroatoms. The average Bonchev–Trinajstić information content (AvgIpc) is 3.23. The summed E-state index contributed by atoms with van der Waals surface area (Å²) in [4.78, 5) is 3.17. The fraction of sp³-hybridized carbons (Fsp3) is 0.579. The van der Waals surface area contributed by atoms with Crippen LogP contribution >= 0.6 is 0 Å². The van der Waals surface area contributed by atoms with Gasteiger partial charge in [-0.1, -0.05) is 6.42 Å². The third-order valence-electron chi connectivity index (χ3n) is 5.57. The molecule has 0 spiro atoms. The van der Waals surface area contributed by atoms with Gasteiger partial charge in [0.15, 0.2) is 0 Å². The molecular weight excluding hydrogens is 305 g/mol. The number of H-pyrrole nitrogens is 1. The highest BCUT2D eigenvalue weighted by molar-refractivity contribution is 5.83. The molecule has 0 bridgehead atoms. The van der Waals surface area contributed by atoms with Gasteiger partial charge < -0.3 is 20.4 Å². The summed E-state index contributed by atoms with van der Waals surface area (Å²) >= 11 is 0. The fourth-order valence-electron chi connectivity index (χ4n) is 4.34. The molecule has 24 heavy (non-hydrogen) atoms. The highest BCUT2D eigenvalue weighted by Crippen LogP contribution is 2.29. The van der Waals surface area contributed by atoms with Crippen molar-refractivity contribution in [3.8, 4) is 0 Å². The van der Waals surface area contributed by atoms with Crippen molar-refractivity contribution in [2.75, 3.05) is 26.3 Å². The summed E-state index contributed by atoms with van der Waals surface area (Å²) in [5.74, 6) is 0.479. The number of morpholine rings is 1. The Morgan fingerprint density at radius 1 is 1.29 bits per heavy atom. The topological polar surface area (TPSA) is 49.1 Å². The molecule has 1 aromatic heterocycles. The number of rotatable bonds is 5. The summed E-state index contributed by atoms with van der Waals surface area (Å²) in [6.07, 6.45) is 6.80. The molecule has 3 N–H and O–H groups in total. The molecule has 1 aliphatic heterocycles. The number of aromatic amines is 1. The Kier molecular flexibility index (Phi) is 4.83. The van der Waals surface area contributed by atoms with Gasteiger partial charge in [0.25, 0.3) is 0 Å². The monoisotopic (exact) mass is 331 g/mol. The fourth-order valence-corrected chi connectivity index (χ4v) is 4.34. The zero-order valence-electron chi connectivity index (χ0n) is 14.0. The molecular formula is C19H26FN3O. The molecule has 2 aliphatic rings. The summed E-state index contributed by atoms with van der Waals surface area (Å²) in [5.41, 5.74) is 2.14. The third-order valence-corrected chi connectivity index (χ3v) is 5.57. The molecule has 130 valence electrons. The van der Waals surface area contributed by atoms with Gasteiger partial charge in [-0.25, -0.2) is 4.39 Å². The van der Waals surface area contributed by atoms with E-state index in [1.54, 1.807) is 6.07 Å². The predicted molar refractivity (Wildman–Crippen MR) is 93.7 cm³/mol. The smallest absolute Gasteiger partial charge is 0.125 e. The van der Waals surface area contributed by atoms with Gasteiger partial charge in [-0.3, -0.25) is 0 Å². The van der Waals surface area contributed by atoms with Gasteiger partial charge in [-0.05, 0) is 55.5 Å². The maximum Gasteiger partial charge on any atom is 0.125 e. The zero-order valence-corrected chi connectivity index (χ0v) is 14.0. The number of benzene rings is 1. The largest absolute Gasteiger partial charge is 0.379 e. The number of hydrogen-bond donors (Lipinski definition) is 3. The van der Waals surface area contributed by atoms with Gasteiger partial charge in [-0.2, -0.15) is 0 Å². The molecule has 4 nitrogen and oxygen atoms in total. The molecule has 2 aromatic rings. The number of halogens is 1. The Bertz CT molecular complexity index is 680. The molecule has 1 saturated heterocycles. The van der Waals surface area contributed by atoms with Gasteiger partial charge >= 0.3 is 0 Å². The maximum atomic E-state index is 13.3. The Labute approximate surface area is 142 Å². The minimum absolute atomic E-state index is 0.190. The number of ether oxygens (including phenoxy) is 1. The van der Waals surface area contributed by atoms with Crippen molar-refractivity contribution in [1.82, 2.24) is 15.6 Å². The minimum Gasteiger partial charge on any atom is -0.379 e.